The molecule has 0 heterocycles. The summed E-state index contributed by atoms with van der Waals surface area (Å²) in [7, 11) is -4.61. The smallest absolute Gasteiger partial charge is 0.472 e. The Morgan fingerprint density at radius 3 is 1.20 bits per heavy atom. The largest absolute Gasteiger partial charge is 0.480 e. The first-order chi connectivity index (χ1) is 26.7. The summed E-state index contributed by atoms with van der Waals surface area (Å²) in [6.45, 7) is 3.94. The SMILES string of the molecule is CCCCCCCCCCCCCCCCCCCCCC(=O)O[C@H](COCCCCCCCCCCCCCCCC)COP(=O)(O)OC[C@H](N)C(=O)O. The minimum absolute atomic E-state index is 0.0258. The molecule has 11 heteroatoms. The molecule has 0 aliphatic rings. The van der Waals surface area contributed by atoms with Crippen molar-refractivity contribution in [2.75, 3.05) is 26.4 Å². The number of phosphoric ester groups is 1. The highest BCUT2D eigenvalue weighted by molar-refractivity contribution is 7.47. The maximum atomic E-state index is 12.6. The summed E-state index contributed by atoms with van der Waals surface area (Å²) in [4.78, 5) is 33.6. The number of carbonyl (C=O) groups is 2. The first-order valence-corrected chi connectivity index (χ1v) is 24.6. The zero-order valence-corrected chi connectivity index (χ0v) is 36.7. The van der Waals surface area contributed by atoms with Gasteiger partial charge in [-0.1, -0.05) is 213 Å². The molecule has 328 valence electrons. The molecule has 0 saturated carbocycles. The normalized spacial score (nSPS) is 13.8. The first-order valence-electron chi connectivity index (χ1n) is 23.1. The van der Waals surface area contributed by atoms with Crippen LogP contribution in [-0.2, 0) is 32.7 Å². The zero-order valence-electron chi connectivity index (χ0n) is 35.8. The van der Waals surface area contributed by atoms with Crippen molar-refractivity contribution in [3.05, 3.63) is 0 Å². The van der Waals surface area contributed by atoms with Crippen LogP contribution in [0.5, 0.6) is 0 Å². The summed E-state index contributed by atoms with van der Waals surface area (Å²) in [6.07, 6.45) is 41.5. The third-order valence-corrected chi connectivity index (χ3v) is 11.3. The van der Waals surface area contributed by atoms with Gasteiger partial charge >= 0.3 is 19.8 Å². The highest BCUT2D eigenvalue weighted by Gasteiger charge is 2.27. The Kier molecular flexibility index (Phi) is 40.4. The van der Waals surface area contributed by atoms with Gasteiger partial charge in [0, 0.05) is 13.0 Å². The predicted octanol–water partition coefficient (Wildman–Crippen LogP) is 12.8. The van der Waals surface area contributed by atoms with Crippen molar-refractivity contribution in [2.24, 2.45) is 5.73 Å². The van der Waals surface area contributed by atoms with E-state index in [1.807, 2.05) is 0 Å². The Morgan fingerprint density at radius 2 is 0.836 bits per heavy atom. The van der Waals surface area contributed by atoms with Crippen molar-refractivity contribution < 1.29 is 42.7 Å². The van der Waals surface area contributed by atoms with Crippen LogP contribution in [-0.4, -0.2) is 60.5 Å². The molecule has 0 aromatic carbocycles. The number of phosphoric acid groups is 1. The fraction of sp³-hybridized carbons (Fsp3) is 0.955. The van der Waals surface area contributed by atoms with E-state index in [9.17, 15) is 19.0 Å². The van der Waals surface area contributed by atoms with Gasteiger partial charge in [-0.3, -0.25) is 18.6 Å². The van der Waals surface area contributed by atoms with Crippen molar-refractivity contribution in [1.82, 2.24) is 0 Å². The first kappa shape index (κ1) is 54.0. The second-order valence-corrected chi connectivity index (χ2v) is 17.4. The lowest BCUT2D eigenvalue weighted by Crippen LogP contribution is -2.34. The molecule has 0 bridgehead atoms. The highest BCUT2D eigenvalue weighted by atomic mass is 31.2. The maximum absolute atomic E-state index is 12.6. The summed E-state index contributed by atoms with van der Waals surface area (Å²) in [5, 5.41) is 8.90. The van der Waals surface area contributed by atoms with E-state index in [0.29, 0.717) is 6.61 Å². The van der Waals surface area contributed by atoms with Gasteiger partial charge < -0.3 is 25.2 Å². The topological polar surface area (TPSA) is 155 Å². The van der Waals surface area contributed by atoms with E-state index in [1.165, 1.54) is 173 Å². The highest BCUT2D eigenvalue weighted by Crippen LogP contribution is 2.43. The van der Waals surface area contributed by atoms with E-state index in [4.69, 9.17) is 29.4 Å². The average Bonchev–Trinajstić information content (AvgIpc) is 3.16. The number of unbranched alkanes of at least 4 members (excludes halogenated alkanes) is 31. The molecule has 0 aromatic rings. The Morgan fingerprint density at radius 1 is 0.509 bits per heavy atom. The van der Waals surface area contributed by atoms with Crippen molar-refractivity contribution >= 4 is 19.8 Å². The van der Waals surface area contributed by atoms with Crippen molar-refractivity contribution in [2.45, 2.75) is 244 Å². The molecule has 0 aliphatic heterocycles. The van der Waals surface area contributed by atoms with Crippen LogP contribution in [0.3, 0.4) is 0 Å². The van der Waals surface area contributed by atoms with E-state index in [0.717, 1.165) is 38.5 Å². The third-order valence-electron chi connectivity index (χ3n) is 10.4. The number of nitrogens with two attached hydrogens (primary N) is 1. The van der Waals surface area contributed by atoms with E-state index in [-0.39, 0.29) is 13.0 Å². The van der Waals surface area contributed by atoms with Crippen LogP contribution in [0.15, 0.2) is 0 Å². The lowest BCUT2D eigenvalue weighted by atomic mass is 10.0. The van der Waals surface area contributed by atoms with Gasteiger partial charge in [-0.2, -0.15) is 0 Å². The lowest BCUT2D eigenvalue weighted by Gasteiger charge is -2.20. The lowest BCUT2D eigenvalue weighted by molar-refractivity contribution is -0.154. The van der Waals surface area contributed by atoms with Gasteiger partial charge in [-0.25, -0.2) is 4.57 Å². The van der Waals surface area contributed by atoms with Crippen LogP contribution in [0.2, 0.25) is 0 Å². The van der Waals surface area contributed by atoms with Crippen LogP contribution in [0.25, 0.3) is 0 Å². The molecule has 0 radical (unpaired) electrons. The number of carboxylic acids is 1. The standard InChI is InChI=1S/C44H88NO9P/c1-3-5-7-9-11-13-15-17-19-20-21-22-23-24-26-28-30-32-34-36-43(46)54-41(39-52-55(49,50)53-40-42(45)44(47)48)38-51-37-35-33-31-29-27-25-18-16-14-12-10-8-6-4-2/h41-42H,3-40,45H2,1-2H3,(H,47,48)(H,49,50)/t41-,42+/m1/s1. The number of ether oxygens (including phenoxy) is 2. The predicted molar refractivity (Wildman–Crippen MR) is 226 cm³/mol. The number of carbonyl (C=O) groups excluding carboxylic acids is 1. The zero-order chi connectivity index (χ0) is 40.5. The van der Waals surface area contributed by atoms with E-state index < -0.39 is 45.1 Å². The molecule has 4 N–H and O–H groups in total. The van der Waals surface area contributed by atoms with E-state index >= 15 is 0 Å². The minimum atomic E-state index is -4.61. The second-order valence-electron chi connectivity index (χ2n) is 15.9. The molecule has 0 amide bonds. The number of hydrogen-bond acceptors (Lipinski definition) is 8. The Hall–Kier alpha value is -1.03. The fourth-order valence-corrected chi connectivity index (χ4v) is 7.56. The molecule has 55 heavy (non-hydrogen) atoms. The van der Waals surface area contributed by atoms with Crippen molar-refractivity contribution in [1.29, 1.82) is 0 Å². The molecule has 0 rings (SSSR count). The molecule has 0 aliphatic carbocycles. The Bertz CT molecular complexity index is 893. The maximum Gasteiger partial charge on any atom is 0.472 e. The van der Waals surface area contributed by atoms with Gasteiger partial charge in [0.05, 0.1) is 19.8 Å². The molecule has 0 fully saturated rings. The number of rotatable bonds is 45. The summed E-state index contributed by atoms with van der Waals surface area (Å²) in [6, 6.07) is -1.47. The van der Waals surface area contributed by atoms with Gasteiger partial charge in [0.15, 0.2) is 0 Å². The van der Waals surface area contributed by atoms with Crippen LogP contribution in [0, 0.1) is 0 Å². The molecule has 0 saturated heterocycles. The molecule has 0 spiro atoms. The van der Waals surface area contributed by atoms with Crippen LogP contribution in [0.1, 0.15) is 232 Å². The number of carboxylic acid groups (broad SMARTS) is 1. The Labute approximate surface area is 338 Å². The summed E-state index contributed by atoms with van der Waals surface area (Å²) >= 11 is 0. The quantitative estimate of drug-likeness (QED) is 0.0308. The summed E-state index contributed by atoms with van der Waals surface area (Å²) < 4.78 is 33.4. The molecule has 10 nitrogen and oxygen atoms in total. The van der Waals surface area contributed by atoms with Crippen molar-refractivity contribution in [3.8, 4) is 0 Å². The molecular weight excluding hydrogens is 717 g/mol. The molecular formula is C44H88NO9P. The van der Waals surface area contributed by atoms with E-state index in [2.05, 4.69) is 13.8 Å². The van der Waals surface area contributed by atoms with Crippen LogP contribution < -0.4 is 5.73 Å². The van der Waals surface area contributed by atoms with E-state index in [1.54, 1.807) is 0 Å². The second kappa shape index (κ2) is 41.1. The monoisotopic (exact) mass is 806 g/mol. The van der Waals surface area contributed by atoms with Gasteiger partial charge in [-0.15, -0.1) is 0 Å². The minimum Gasteiger partial charge on any atom is -0.480 e. The van der Waals surface area contributed by atoms with Gasteiger partial charge in [0.25, 0.3) is 0 Å². The fourth-order valence-electron chi connectivity index (χ4n) is 6.78. The average molecular weight is 806 g/mol. The Balaban J connectivity index is 4.14. The number of hydrogen-bond donors (Lipinski definition) is 3. The molecule has 0 aromatic heterocycles. The van der Waals surface area contributed by atoms with Crippen LogP contribution in [0.4, 0.5) is 0 Å². The summed E-state index contributed by atoms with van der Waals surface area (Å²) in [5.41, 5.74) is 5.36. The summed E-state index contributed by atoms with van der Waals surface area (Å²) in [5.74, 6) is -1.76. The van der Waals surface area contributed by atoms with Crippen LogP contribution >= 0.6 is 7.82 Å². The van der Waals surface area contributed by atoms with Gasteiger partial charge in [0.1, 0.15) is 12.1 Å². The van der Waals surface area contributed by atoms with Gasteiger partial charge in [0.2, 0.25) is 0 Å². The third kappa shape index (κ3) is 40.9. The molecule has 1 unspecified atom stereocenters. The van der Waals surface area contributed by atoms with Crippen molar-refractivity contribution in [3.63, 3.8) is 0 Å². The van der Waals surface area contributed by atoms with Gasteiger partial charge in [-0.05, 0) is 12.8 Å². The number of esters is 1. The molecule has 3 atom stereocenters. The number of aliphatic carboxylic acids is 1.